The fourth-order valence-electron chi connectivity index (χ4n) is 1.05. The summed E-state index contributed by atoms with van der Waals surface area (Å²) in [6, 6.07) is 0. The average Bonchev–Trinajstić information content (AvgIpc) is 2.33. The molecule has 0 atom stereocenters. The molecule has 1 heterocycles. The van der Waals surface area contributed by atoms with E-state index in [4.69, 9.17) is 10.7 Å². The monoisotopic (exact) mass is 222 g/mol. The van der Waals surface area contributed by atoms with Gasteiger partial charge in [-0.05, 0) is 18.4 Å². The molecule has 0 saturated heterocycles. The molecule has 0 radical (unpaired) electrons. The minimum Gasteiger partial charge on any atom is -0.276 e. The van der Waals surface area contributed by atoms with Crippen LogP contribution in [-0.4, -0.2) is 24.0 Å². The molecule has 0 bridgehead atoms. The Morgan fingerprint density at radius 2 is 2.31 bits per heavy atom. The molecule has 0 saturated carbocycles. The number of aryl methyl sites for hydroxylation is 2. The van der Waals surface area contributed by atoms with Gasteiger partial charge in [0.15, 0.2) is 0 Å². The van der Waals surface area contributed by atoms with Gasteiger partial charge in [-0.15, -0.1) is 0 Å². The molecule has 0 aliphatic carbocycles. The molecule has 0 amide bonds. The first-order chi connectivity index (χ1) is 5.97. The van der Waals surface area contributed by atoms with Crippen molar-refractivity contribution in [3.05, 3.63) is 18.0 Å². The molecule has 13 heavy (non-hydrogen) atoms. The second-order valence-corrected chi connectivity index (χ2v) is 5.77. The molecule has 74 valence electrons. The average molecular weight is 223 g/mol. The molecular weight excluding hydrogens is 212 g/mol. The summed E-state index contributed by atoms with van der Waals surface area (Å²) in [6.45, 7) is 0. The minimum atomic E-state index is -3.34. The Labute approximate surface area is 81.9 Å². The van der Waals surface area contributed by atoms with Gasteiger partial charge in [0, 0.05) is 23.9 Å². The largest absolute Gasteiger partial charge is 0.276 e. The fraction of sp³-hybridized carbons (Fsp3) is 0.571. The van der Waals surface area contributed by atoms with Crippen LogP contribution in [0.15, 0.2) is 12.4 Å². The van der Waals surface area contributed by atoms with Crippen LogP contribution < -0.4 is 0 Å². The molecule has 6 heteroatoms. The molecular formula is C7H11ClN2O2S. The van der Waals surface area contributed by atoms with E-state index in [9.17, 15) is 8.42 Å². The highest BCUT2D eigenvalue weighted by Crippen LogP contribution is 2.05. The highest BCUT2D eigenvalue weighted by molar-refractivity contribution is 8.13. The molecule has 1 aromatic heterocycles. The maximum atomic E-state index is 10.6. The maximum Gasteiger partial charge on any atom is 0.232 e. The third-order valence-electron chi connectivity index (χ3n) is 1.61. The fourth-order valence-corrected chi connectivity index (χ4v) is 1.87. The number of aromatic nitrogens is 2. The Bertz CT molecular complexity index is 372. The maximum absolute atomic E-state index is 10.6. The van der Waals surface area contributed by atoms with Crippen molar-refractivity contribution in [2.75, 3.05) is 5.75 Å². The van der Waals surface area contributed by atoms with Gasteiger partial charge in [-0.1, -0.05) is 0 Å². The zero-order valence-corrected chi connectivity index (χ0v) is 8.85. The van der Waals surface area contributed by atoms with E-state index in [1.807, 2.05) is 13.2 Å². The molecule has 0 aliphatic rings. The minimum absolute atomic E-state index is 0.0173. The van der Waals surface area contributed by atoms with Gasteiger partial charge in [0.2, 0.25) is 9.05 Å². The molecule has 0 unspecified atom stereocenters. The number of rotatable bonds is 4. The summed E-state index contributed by atoms with van der Waals surface area (Å²) in [5.41, 5.74) is 1.03. The Kier molecular flexibility index (Phi) is 3.33. The summed E-state index contributed by atoms with van der Waals surface area (Å²) in [5, 5.41) is 3.97. The van der Waals surface area contributed by atoms with Crippen LogP contribution in [0.4, 0.5) is 0 Å². The second kappa shape index (κ2) is 4.11. The molecule has 0 aliphatic heterocycles. The van der Waals surface area contributed by atoms with Crippen LogP contribution in [0.25, 0.3) is 0 Å². The van der Waals surface area contributed by atoms with Crippen molar-refractivity contribution in [1.82, 2.24) is 9.78 Å². The van der Waals surface area contributed by atoms with Gasteiger partial charge in [-0.2, -0.15) is 5.10 Å². The Hall–Kier alpha value is -0.550. The molecule has 4 nitrogen and oxygen atoms in total. The summed E-state index contributed by atoms with van der Waals surface area (Å²) >= 11 is 0. The third kappa shape index (κ3) is 4.28. The second-order valence-electron chi connectivity index (χ2n) is 2.87. The first-order valence-electron chi connectivity index (χ1n) is 3.87. The van der Waals surface area contributed by atoms with Crippen LogP contribution in [0.5, 0.6) is 0 Å². The molecule has 1 rings (SSSR count). The number of nitrogens with zero attached hydrogens (tertiary/aromatic N) is 2. The van der Waals surface area contributed by atoms with Crippen molar-refractivity contribution >= 4 is 19.7 Å². The lowest BCUT2D eigenvalue weighted by Gasteiger charge is -1.94. The van der Waals surface area contributed by atoms with Gasteiger partial charge in [-0.25, -0.2) is 8.42 Å². The molecule has 0 N–H and O–H groups in total. The predicted molar refractivity (Wildman–Crippen MR) is 51.2 cm³/mol. The smallest absolute Gasteiger partial charge is 0.232 e. The summed E-state index contributed by atoms with van der Waals surface area (Å²) in [6.07, 6.45) is 4.82. The van der Waals surface area contributed by atoms with Gasteiger partial charge in [-0.3, -0.25) is 4.68 Å². The van der Waals surface area contributed by atoms with Gasteiger partial charge < -0.3 is 0 Å². The normalized spacial score (nSPS) is 11.8. The third-order valence-corrected chi connectivity index (χ3v) is 2.85. The van der Waals surface area contributed by atoms with Crippen molar-refractivity contribution in [2.24, 2.45) is 7.05 Å². The molecule has 0 spiro atoms. The van der Waals surface area contributed by atoms with Crippen LogP contribution in [-0.2, 0) is 22.5 Å². The highest BCUT2D eigenvalue weighted by atomic mass is 35.7. The van der Waals surface area contributed by atoms with Crippen molar-refractivity contribution in [3.8, 4) is 0 Å². The van der Waals surface area contributed by atoms with Crippen molar-refractivity contribution < 1.29 is 8.42 Å². The van der Waals surface area contributed by atoms with Gasteiger partial charge in [0.1, 0.15) is 0 Å². The Morgan fingerprint density at radius 1 is 1.62 bits per heavy atom. The lowest BCUT2D eigenvalue weighted by atomic mass is 10.2. The van der Waals surface area contributed by atoms with Gasteiger partial charge >= 0.3 is 0 Å². The van der Waals surface area contributed by atoms with Gasteiger partial charge in [0.05, 0.1) is 11.9 Å². The van der Waals surface area contributed by atoms with Crippen LogP contribution >= 0.6 is 10.7 Å². The van der Waals surface area contributed by atoms with Crippen molar-refractivity contribution in [3.63, 3.8) is 0 Å². The summed E-state index contributed by atoms with van der Waals surface area (Å²) < 4.78 is 22.8. The van der Waals surface area contributed by atoms with E-state index in [0.717, 1.165) is 5.56 Å². The lowest BCUT2D eigenvalue weighted by molar-refractivity contribution is 0.607. The van der Waals surface area contributed by atoms with E-state index in [-0.39, 0.29) is 5.75 Å². The molecule has 0 fully saturated rings. The molecule has 0 aromatic carbocycles. The quantitative estimate of drug-likeness (QED) is 0.712. The van der Waals surface area contributed by atoms with E-state index >= 15 is 0 Å². The predicted octanol–water partition coefficient (Wildman–Crippen LogP) is 0.921. The van der Waals surface area contributed by atoms with E-state index in [0.29, 0.717) is 12.8 Å². The van der Waals surface area contributed by atoms with E-state index in [1.165, 1.54) is 0 Å². The van der Waals surface area contributed by atoms with Crippen molar-refractivity contribution in [2.45, 2.75) is 12.8 Å². The topological polar surface area (TPSA) is 52.0 Å². The standard InChI is InChI=1S/C7H11ClN2O2S/c1-10-6-7(5-9-10)3-2-4-13(8,11)12/h5-6H,2-4H2,1H3. The van der Waals surface area contributed by atoms with E-state index < -0.39 is 9.05 Å². The number of hydrogen-bond donors (Lipinski definition) is 0. The summed E-state index contributed by atoms with van der Waals surface area (Å²) in [7, 11) is 3.53. The molecule has 1 aromatic rings. The summed E-state index contributed by atoms with van der Waals surface area (Å²) in [5.74, 6) is 0.0173. The van der Waals surface area contributed by atoms with Crippen molar-refractivity contribution in [1.29, 1.82) is 0 Å². The van der Waals surface area contributed by atoms with Crippen LogP contribution in [0, 0.1) is 0 Å². The first-order valence-corrected chi connectivity index (χ1v) is 6.35. The van der Waals surface area contributed by atoms with E-state index in [2.05, 4.69) is 5.10 Å². The van der Waals surface area contributed by atoms with Crippen LogP contribution in [0.3, 0.4) is 0 Å². The van der Waals surface area contributed by atoms with Gasteiger partial charge in [0.25, 0.3) is 0 Å². The zero-order chi connectivity index (χ0) is 9.90. The number of halogens is 1. The Morgan fingerprint density at radius 3 is 2.77 bits per heavy atom. The van der Waals surface area contributed by atoms with Crippen LogP contribution in [0.1, 0.15) is 12.0 Å². The lowest BCUT2D eigenvalue weighted by Crippen LogP contribution is -1.98. The van der Waals surface area contributed by atoms with Crippen LogP contribution in [0.2, 0.25) is 0 Å². The SMILES string of the molecule is Cn1cc(CCCS(=O)(=O)Cl)cn1. The highest BCUT2D eigenvalue weighted by Gasteiger charge is 2.05. The zero-order valence-electron chi connectivity index (χ0n) is 7.27. The summed E-state index contributed by atoms with van der Waals surface area (Å²) in [4.78, 5) is 0. The van der Waals surface area contributed by atoms with E-state index in [1.54, 1.807) is 10.9 Å². The number of hydrogen-bond acceptors (Lipinski definition) is 3. The first kappa shape index (κ1) is 10.5. The Balaban J connectivity index is 2.36.